The van der Waals surface area contributed by atoms with E-state index < -0.39 is 87.1 Å². The summed E-state index contributed by atoms with van der Waals surface area (Å²) in [6, 6.07) is 6.41. The minimum atomic E-state index is -4.45. The minimum Gasteiger partial charge on any atom is -0.387 e. The number of halogens is 1. The third-order valence-corrected chi connectivity index (χ3v) is 10.8. The molecule has 0 aliphatic carbocycles. The molecule has 3 aromatic heterocycles. The van der Waals surface area contributed by atoms with Gasteiger partial charge in [-0.25, -0.2) is 23.5 Å². The zero-order chi connectivity index (χ0) is 32.5. The fourth-order valence-corrected chi connectivity index (χ4v) is 8.41. The van der Waals surface area contributed by atoms with E-state index in [0.29, 0.717) is 5.52 Å². The summed E-state index contributed by atoms with van der Waals surface area (Å²) in [6.45, 7) is -10.3. The number of hydrogen-bond donors (Lipinski definition) is 5. The second-order valence-corrected chi connectivity index (χ2v) is 16.2. The summed E-state index contributed by atoms with van der Waals surface area (Å²) in [4.78, 5) is 40.1. The largest absolute Gasteiger partial charge is 0.387 e. The van der Waals surface area contributed by atoms with Crippen molar-refractivity contribution in [2.24, 2.45) is 0 Å². The molecule has 6 heterocycles. The molecule has 1 aromatic carbocycles. The molecule has 0 amide bonds. The van der Waals surface area contributed by atoms with Gasteiger partial charge in [-0.1, -0.05) is 36.6 Å². The summed E-state index contributed by atoms with van der Waals surface area (Å²) in [5, 5.41) is 11.3. The van der Waals surface area contributed by atoms with Crippen LogP contribution >= 0.6 is 38.1 Å². The van der Waals surface area contributed by atoms with Crippen LogP contribution in [0.25, 0.3) is 22.1 Å². The monoisotopic (exact) mass is 719 g/mol. The molecule has 3 unspecified atom stereocenters. The lowest BCUT2D eigenvalue weighted by molar-refractivity contribution is -0.0577. The van der Waals surface area contributed by atoms with E-state index in [1.807, 2.05) is 0 Å². The van der Waals surface area contributed by atoms with E-state index in [-0.39, 0.29) is 22.5 Å². The van der Waals surface area contributed by atoms with Gasteiger partial charge in [0.1, 0.15) is 36.8 Å². The molecule has 4 aromatic rings. The molecule has 3 fully saturated rings. The standard InChI is InChI=1S/C23H24FN7O11P2S2/c24-13-16-12(40-21(13)31-7-26-10-4-2-1-3-9(10)20(31)34)6-38-44(36,46)42-17-15(32)11(5-37-43(35,45)41-16)39-22(17)30-8-27-14-18(30)28-23(25)29-19(14)33/h1-4,7-8,11-13,15-17,21-22,32H,5-6H2,(H,35,45)(H,36,46)(H3,25,28,29,33)/t11?,12-,13-,15-,16-,17-,21-,22-,43?,44?/m1/s1. The SMILES string of the molecule is Nc1nc2c(ncn2[C@@H]2OC3COP(=O)(S)O[C@H]4[C@@H](F)[C@H](n5cnc6ccccc6c5=O)O[C@@H]4COP(=O)(S)O[C@@H]2[C@@H]3O)c(=O)[nH]1. The molecule has 3 aliphatic rings. The molecule has 46 heavy (non-hydrogen) atoms. The number of fused-ring (bicyclic) bond motifs is 5. The maximum absolute atomic E-state index is 16.0. The fraction of sp³-hybridized carbons (Fsp3) is 0.435. The normalized spacial score (nSPS) is 37.0. The topological polar surface area (TPSA) is 234 Å². The number of aromatic amines is 1. The van der Waals surface area contributed by atoms with Crippen LogP contribution in [0.15, 0.2) is 46.5 Å². The van der Waals surface area contributed by atoms with Crippen molar-refractivity contribution in [3.8, 4) is 0 Å². The first-order chi connectivity index (χ1) is 21.8. The molecule has 18 nitrogen and oxygen atoms in total. The van der Waals surface area contributed by atoms with Crippen LogP contribution < -0.4 is 16.9 Å². The number of ether oxygens (including phenoxy) is 2. The molecule has 0 radical (unpaired) electrons. The second kappa shape index (κ2) is 11.8. The summed E-state index contributed by atoms with van der Waals surface area (Å²) in [7, 11) is 0. The van der Waals surface area contributed by atoms with Gasteiger partial charge in [0.2, 0.25) is 5.95 Å². The van der Waals surface area contributed by atoms with Crippen LogP contribution in [0.2, 0.25) is 0 Å². The highest BCUT2D eigenvalue weighted by Gasteiger charge is 2.53. The number of imidazole rings is 1. The first-order valence-corrected chi connectivity index (χ1v) is 18.8. The van der Waals surface area contributed by atoms with E-state index >= 15 is 4.39 Å². The van der Waals surface area contributed by atoms with Crippen LogP contribution in [0.4, 0.5) is 10.3 Å². The summed E-state index contributed by atoms with van der Waals surface area (Å²) in [5.74, 6) is -0.244. The number of alkyl halides is 1. The molecule has 23 heteroatoms. The van der Waals surface area contributed by atoms with Crippen molar-refractivity contribution in [3.63, 3.8) is 0 Å². The molecule has 3 saturated heterocycles. The highest BCUT2D eigenvalue weighted by molar-refractivity contribution is 8.44. The number of thiol groups is 2. The number of aliphatic hydroxyl groups excluding tert-OH is 1. The average molecular weight is 720 g/mol. The third-order valence-electron chi connectivity index (χ3n) is 7.58. The van der Waals surface area contributed by atoms with Gasteiger partial charge in [0.05, 0.1) is 30.4 Å². The average Bonchev–Trinajstić information content (AvgIpc) is 3.65. The van der Waals surface area contributed by atoms with E-state index in [9.17, 15) is 23.8 Å². The number of nitrogen functional groups attached to an aromatic ring is 1. The molecule has 0 saturated carbocycles. The molecular formula is C23H24FN7O11P2S2. The number of para-hydroxylation sites is 1. The van der Waals surface area contributed by atoms with Gasteiger partial charge in [0.25, 0.3) is 11.1 Å². The summed E-state index contributed by atoms with van der Waals surface area (Å²) in [5.41, 5.74) is 4.59. The smallest absolute Gasteiger partial charge is 0.386 e. The maximum atomic E-state index is 16.0. The number of H-pyrrole nitrogens is 1. The predicted octanol–water partition coefficient (Wildman–Crippen LogP) is 1.50. The van der Waals surface area contributed by atoms with E-state index in [4.69, 9.17) is 33.3 Å². The van der Waals surface area contributed by atoms with Gasteiger partial charge < -0.3 is 20.3 Å². The molecule has 0 spiro atoms. The predicted molar refractivity (Wildman–Crippen MR) is 162 cm³/mol. The van der Waals surface area contributed by atoms with E-state index in [1.54, 1.807) is 18.2 Å². The molecule has 4 N–H and O–H groups in total. The van der Waals surface area contributed by atoms with E-state index in [1.165, 1.54) is 10.6 Å². The Labute approximate surface area is 266 Å². The van der Waals surface area contributed by atoms with Crippen LogP contribution in [0.5, 0.6) is 0 Å². The molecule has 7 rings (SSSR count). The summed E-state index contributed by atoms with van der Waals surface area (Å²) < 4.78 is 78.6. The van der Waals surface area contributed by atoms with Gasteiger partial charge in [0, 0.05) is 0 Å². The highest BCUT2D eigenvalue weighted by Crippen LogP contribution is 2.60. The van der Waals surface area contributed by atoms with Crippen molar-refractivity contribution in [1.29, 1.82) is 0 Å². The Kier molecular flexibility index (Phi) is 8.17. The lowest BCUT2D eigenvalue weighted by atomic mass is 10.1. The maximum Gasteiger partial charge on any atom is 0.386 e. The molecule has 10 atom stereocenters. The Bertz CT molecular complexity index is 2050. The number of nitrogens with one attached hydrogen (secondary N) is 1. The van der Waals surface area contributed by atoms with Crippen LogP contribution in [-0.4, -0.2) is 84.1 Å². The Morgan fingerprint density at radius 2 is 1.61 bits per heavy atom. The first-order valence-electron chi connectivity index (χ1n) is 13.4. The lowest BCUT2D eigenvalue weighted by Crippen LogP contribution is -2.35. The number of nitrogens with two attached hydrogens (primary N) is 1. The van der Waals surface area contributed by atoms with Crippen molar-refractivity contribution >= 4 is 66.1 Å². The minimum absolute atomic E-state index is 0.0616. The van der Waals surface area contributed by atoms with Gasteiger partial charge in [-0.3, -0.25) is 41.8 Å². The Balaban J connectivity index is 1.21. The van der Waals surface area contributed by atoms with Crippen molar-refractivity contribution in [3.05, 3.63) is 57.6 Å². The number of rotatable bonds is 2. The Hall–Kier alpha value is -2.68. The quantitative estimate of drug-likeness (QED) is 0.146. The third kappa shape index (κ3) is 5.73. The Morgan fingerprint density at radius 3 is 2.37 bits per heavy atom. The van der Waals surface area contributed by atoms with Crippen molar-refractivity contribution < 1.29 is 46.2 Å². The van der Waals surface area contributed by atoms with E-state index in [2.05, 4.69) is 44.4 Å². The van der Waals surface area contributed by atoms with Crippen LogP contribution in [0.1, 0.15) is 12.5 Å². The number of benzene rings is 1. The zero-order valence-electron chi connectivity index (χ0n) is 23.0. The van der Waals surface area contributed by atoms with Crippen molar-refractivity contribution in [2.45, 2.75) is 49.1 Å². The summed E-state index contributed by atoms with van der Waals surface area (Å²) >= 11 is 8.01. The van der Waals surface area contributed by atoms with Gasteiger partial charge in [-0.15, -0.1) is 0 Å². The van der Waals surface area contributed by atoms with E-state index in [0.717, 1.165) is 17.2 Å². The fourth-order valence-electron chi connectivity index (χ4n) is 5.47. The molecule has 2 bridgehead atoms. The Morgan fingerprint density at radius 1 is 0.957 bits per heavy atom. The van der Waals surface area contributed by atoms with Crippen LogP contribution in [-0.2, 0) is 36.7 Å². The van der Waals surface area contributed by atoms with Crippen molar-refractivity contribution in [1.82, 2.24) is 29.1 Å². The van der Waals surface area contributed by atoms with Gasteiger partial charge in [-0.2, -0.15) is 4.98 Å². The van der Waals surface area contributed by atoms with Crippen LogP contribution in [0, 0.1) is 0 Å². The number of aliphatic hydroxyl groups is 1. The second-order valence-electron chi connectivity index (χ2n) is 10.5. The van der Waals surface area contributed by atoms with Crippen molar-refractivity contribution in [2.75, 3.05) is 18.9 Å². The molecule has 3 aliphatic heterocycles. The number of aromatic nitrogens is 6. The number of nitrogens with zero attached hydrogens (tertiary/aromatic N) is 5. The lowest BCUT2D eigenvalue weighted by Gasteiger charge is -2.26. The zero-order valence-corrected chi connectivity index (χ0v) is 26.6. The van der Waals surface area contributed by atoms with Gasteiger partial charge >= 0.3 is 13.6 Å². The van der Waals surface area contributed by atoms with Gasteiger partial charge in [0.15, 0.2) is 29.8 Å². The van der Waals surface area contributed by atoms with Gasteiger partial charge in [-0.05, 0) is 12.1 Å². The molecule has 246 valence electrons. The first kappa shape index (κ1) is 31.9. The number of hydrogen-bond acceptors (Lipinski definition) is 15. The van der Waals surface area contributed by atoms with Crippen LogP contribution in [0.3, 0.4) is 0 Å². The number of anilines is 1. The highest BCUT2D eigenvalue weighted by atomic mass is 32.7. The molecular weight excluding hydrogens is 695 g/mol. The summed E-state index contributed by atoms with van der Waals surface area (Å²) in [6.07, 6.45) is -10.5.